The second-order valence-electron chi connectivity index (χ2n) is 7.68. The fourth-order valence-electron chi connectivity index (χ4n) is 3.56. The fourth-order valence-corrected chi connectivity index (χ4v) is 5.13. The highest BCUT2D eigenvalue weighted by atomic mass is 35.5. The summed E-state index contributed by atoms with van der Waals surface area (Å²) in [6, 6.07) is 16.0. The van der Waals surface area contributed by atoms with E-state index < -0.39 is 15.9 Å². The average Bonchev–Trinajstić information content (AvgIpc) is 2.97. The number of aryl methyl sites for hydroxylation is 3. The molecule has 0 aliphatic rings. The zero-order chi connectivity index (χ0) is 23.9. The van der Waals surface area contributed by atoms with Crippen LogP contribution >= 0.6 is 11.6 Å². The maximum atomic E-state index is 12.9. The Bertz CT molecular complexity index is 1570. The summed E-state index contributed by atoms with van der Waals surface area (Å²) in [5.74, 6) is -0.515. The Hall–Kier alpha value is -3.56. The molecule has 10 heteroatoms. The van der Waals surface area contributed by atoms with Crippen molar-refractivity contribution in [1.29, 1.82) is 0 Å². The lowest BCUT2D eigenvalue weighted by molar-refractivity contribution is 0.102. The average molecular weight is 485 g/mol. The normalized spacial score (nSPS) is 11.5. The van der Waals surface area contributed by atoms with E-state index in [2.05, 4.69) is 10.0 Å². The third-order valence-electron chi connectivity index (χ3n) is 5.28. The van der Waals surface area contributed by atoms with Gasteiger partial charge < -0.3 is 5.32 Å². The first-order chi connectivity index (χ1) is 15.6. The van der Waals surface area contributed by atoms with Gasteiger partial charge in [0.25, 0.3) is 15.9 Å². The van der Waals surface area contributed by atoms with E-state index in [0.29, 0.717) is 16.9 Å². The molecule has 0 fully saturated rings. The zero-order valence-electron chi connectivity index (χ0n) is 18.1. The van der Waals surface area contributed by atoms with Gasteiger partial charge in [0, 0.05) is 31.0 Å². The van der Waals surface area contributed by atoms with E-state index >= 15 is 0 Å². The van der Waals surface area contributed by atoms with Gasteiger partial charge in [-0.15, -0.1) is 0 Å². The van der Waals surface area contributed by atoms with Crippen molar-refractivity contribution in [1.82, 2.24) is 9.13 Å². The topological polar surface area (TPSA) is 102 Å². The molecule has 170 valence electrons. The molecule has 0 bridgehead atoms. The number of sulfonamides is 1. The summed E-state index contributed by atoms with van der Waals surface area (Å²) in [7, 11) is -0.712. The van der Waals surface area contributed by atoms with Gasteiger partial charge in [-0.05, 0) is 61.0 Å². The molecule has 0 radical (unpaired) electrons. The molecule has 1 amide bonds. The van der Waals surface area contributed by atoms with E-state index in [9.17, 15) is 18.0 Å². The number of nitrogens with zero attached hydrogens (tertiary/aromatic N) is 2. The molecule has 0 aliphatic carbocycles. The highest BCUT2D eigenvalue weighted by molar-refractivity contribution is 7.92. The van der Waals surface area contributed by atoms with Crippen molar-refractivity contribution >= 4 is 49.9 Å². The summed E-state index contributed by atoms with van der Waals surface area (Å²) in [6.07, 6.45) is 0. The molecule has 0 spiro atoms. The van der Waals surface area contributed by atoms with E-state index in [0.717, 1.165) is 11.1 Å². The zero-order valence-corrected chi connectivity index (χ0v) is 19.7. The van der Waals surface area contributed by atoms with Crippen LogP contribution < -0.4 is 15.7 Å². The summed E-state index contributed by atoms with van der Waals surface area (Å²) in [5.41, 5.74) is 3.06. The molecular formula is C23H21ClN4O4S. The van der Waals surface area contributed by atoms with Crippen molar-refractivity contribution in [3.63, 3.8) is 0 Å². The Morgan fingerprint density at radius 3 is 2.36 bits per heavy atom. The smallest absolute Gasteiger partial charge is 0.322 e. The first kappa shape index (κ1) is 22.6. The van der Waals surface area contributed by atoms with Crippen LogP contribution in [0.4, 0.5) is 11.4 Å². The van der Waals surface area contributed by atoms with Crippen LogP contribution in [0.3, 0.4) is 0 Å². The molecule has 0 aliphatic heterocycles. The number of carbonyl (C=O) groups excluding carboxylic acids is 1. The number of hydrogen-bond acceptors (Lipinski definition) is 4. The number of benzene rings is 3. The second kappa shape index (κ2) is 8.42. The second-order valence-corrected chi connectivity index (χ2v) is 9.74. The molecule has 8 nitrogen and oxygen atoms in total. The highest BCUT2D eigenvalue weighted by Crippen LogP contribution is 2.26. The van der Waals surface area contributed by atoms with Crippen LogP contribution in [-0.2, 0) is 24.1 Å². The summed E-state index contributed by atoms with van der Waals surface area (Å²) in [4.78, 5) is 24.8. The van der Waals surface area contributed by atoms with Gasteiger partial charge in [0.1, 0.15) is 4.90 Å². The van der Waals surface area contributed by atoms with Crippen LogP contribution in [0.25, 0.3) is 11.0 Å². The molecule has 0 saturated heterocycles. The number of aromatic nitrogens is 2. The Kier molecular flexibility index (Phi) is 5.77. The number of halogens is 1. The largest absolute Gasteiger partial charge is 0.328 e. The summed E-state index contributed by atoms with van der Waals surface area (Å²) >= 11 is 6.16. The number of imidazole rings is 1. The Labute approximate surface area is 195 Å². The molecule has 0 unspecified atom stereocenters. The summed E-state index contributed by atoms with van der Waals surface area (Å²) in [5, 5.41) is 2.73. The minimum absolute atomic E-state index is 0.00703. The third-order valence-corrected chi connectivity index (χ3v) is 7.15. The van der Waals surface area contributed by atoms with Gasteiger partial charge >= 0.3 is 5.69 Å². The highest BCUT2D eigenvalue weighted by Gasteiger charge is 2.21. The Balaban J connectivity index is 1.63. The van der Waals surface area contributed by atoms with Gasteiger partial charge in [-0.2, -0.15) is 0 Å². The molecule has 1 heterocycles. The number of anilines is 2. The number of nitrogens with one attached hydrogen (secondary N) is 2. The Morgan fingerprint density at radius 2 is 1.64 bits per heavy atom. The molecule has 1 aromatic heterocycles. The standard InChI is InChI=1S/C23H21ClN4O4S/c1-14-5-4-6-17(11-14)26-33(31,32)21-12-15(7-9-18(21)24)22(29)25-16-8-10-19-20(13-16)28(3)23(30)27(19)2/h4-13,26H,1-3H3,(H,25,29). The number of carbonyl (C=O) groups is 1. The van der Waals surface area contributed by atoms with Crippen molar-refractivity contribution in [3.8, 4) is 0 Å². The van der Waals surface area contributed by atoms with E-state index in [1.54, 1.807) is 50.5 Å². The molecule has 0 atom stereocenters. The van der Waals surface area contributed by atoms with Gasteiger partial charge in [0.15, 0.2) is 0 Å². The van der Waals surface area contributed by atoms with Crippen LogP contribution in [0.1, 0.15) is 15.9 Å². The number of hydrogen-bond donors (Lipinski definition) is 2. The number of fused-ring (bicyclic) bond motifs is 1. The van der Waals surface area contributed by atoms with Gasteiger partial charge in [-0.25, -0.2) is 13.2 Å². The van der Waals surface area contributed by atoms with Crippen molar-refractivity contribution < 1.29 is 13.2 Å². The van der Waals surface area contributed by atoms with E-state index in [4.69, 9.17) is 11.6 Å². The third kappa shape index (κ3) is 4.37. The lowest BCUT2D eigenvalue weighted by atomic mass is 10.2. The van der Waals surface area contributed by atoms with Gasteiger partial charge in [-0.1, -0.05) is 23.7 Å². The van der Waals surface area contributed by atoms with Crippen molar-refractivity contribution in [2.24, 2.45) is 14.1 Å². The van der Waals surface area contributed by atoms with Crippen LogP contribution in [0.2, 0.25) is 5.02 Å². The van der Waals surface area contributed by atoms with Crippen molar-refractivity contribution in [2.75, 3.05) is 10.0 Å². The number of rotatable bonds is 5. The first-order valence-corrected chi connectivity index (χ1v) is 11.8. The molecule has 0 saturated carbocycles. The maximum Gasteiger partial charge on any atom is 0.328 e. The molecule has 3 aromatic carbocycles. The minimum Gasteiger partial charge on any atom is -0.322 e. The van der Waals surface area contributed by atoms with E-state index in [1.807, 2.05) is 13.0 Å². The fraction of sp³-hybridized carbons (Fsp3) is 0.130. The SMILES string of the molecule is Cc1cccc(NS(=O)(=O)c2cc(C(=O)Nc3ccc4c(c3)n(C)c(=O)n4C)ccc2Cl)c1. The lowest BCUT2D eigenvalue weighted by Gasteiger charge is -2.12. The Morgan fingerprint density at radius 1 is 0.909 bits per heavy atom. The summed E-state index contributed by atoms with van der Waals surface area (Å²) < 4.78 is 31.3. The van der Waals surface area contributed by atoms with Gasteiger partial charge in [0.05, 0.1) is 16.1 Å². The van der Waals surface area contributed by atoms with Crippen LogP contribution in [-0.4, -0.2) is 23.5 Å². The van der Waals surface area contributed by atoms with Crippen LogP contribution in [0.5, 0.6) is 0 Å². The predicted molar refractivity (Wildman–Crippen MR) is 130 cm³/mol. The minimum atomic E-state index is -4.03. The first-order valence-electron chi connectivity index (χ1n) is 9.93. The summed E-state index contributed by atoms with van der Waals surface area (Å²) in [6.45, 7) is 1.85. The lowest BCUT2D eigenvalue weighted by Crippen LogP contribution is -2.19. The van der Waals surface area contributed by atoms with E-state index in [-0.39, 0.29) is 21.2 Å². The van der Waals surface area contributed by atoms with Crippen molar-refractivity contribution in [3.05, 3.63) is 87.3 Å². The predicted octanol–water partition coefficient (Wildman–Crippen LogP) is 3.89. The van der Waals surface area contributed by atoms with Gasteiger partial charge in [0.2, 0.25) is 0 Å². The van der Waals surface area contributed by atoms with Crippen molar-refractivity contribution in [2.45, 2.75) is 11.8 Å². The maximum absolute atomic E-state index is 12.9. The van der Waals surface area contributed by atoms with Crippen LogP contribution in [0, 0.1) is 6.92 Å². The quantitative estimate of drug-likeness (QED) is 0.448. The van der Waals surface area contributed by atoms with E-state index in [1.165, 1.54) is 27.3 Å². The molecular weight excluding hydrogens is 464 g/mol. The molecule has 4 aromatic rings. The molecule has 33 heavy (non-hydrogen) atoms. The monoisotopic (exact) mass is 484 g/mol. The number of amides is 1. The van der Waals surface area contributed by atoms with Crippen LogP contribution in [0.15, 0.2) is 70.4 Å². The molecule has 2 N–H and O–H groups in total. The molecule has 4 rings (SSSR count). The van der Waals surface area contributed by atoms with Gasteiger partial charge in [-0.3, -0.25) is 18.7 Å².